The molecule has 0 atom stereocenters. The van der Waals surface area contributed by atoms with Crippen molar-refractivity contribution in [2.45, 2.75) is 9.79 Å². The van der Waals surface area contributed by atoms with Crippen molar-refractivity contribution in [1.82, 2.24) is 0 Å². The molecule has 0 radical (unpaired) electrons. The first-order valence-corrected chi connectivity index (χ1v) is 8.62. The van der Waals surface area contributed by atoms with E-state index in [1.54, 1.807) is 36.0 Å². The minimum Gasteiger partial charge on any atom is -0.339 e. The number of sulfonamides is 1. The number of nitrogens with one attached hydrogen (secondary N) is 1. The van der Waals surface area contributed by atoms with Crippen LogP contribution in [-0.2, 0) is 10.0 Å². The molecule has 1 N–H and O–H groups in total. The zero-order chi connectivity index (χ0) is 14.2. The van der Waals surface area contributed by atoms with Crippen LogP contribution in [0.1, 0.15) is 5.56 Å². The second-order valence-electron chi connectivity index (χ2n) is 4.27. The van der Waals surface area contributed by atoms with Crippen molar-refractivity contribution in [3.05, 3.63) is 54.1 Å². The summed E-state index contributed by atoms with van der Waals surface area (Å²) in [5, 5.41) is 3.08. The van der Waals surface area contributed by atoms with Crippen LogP contribution in [0.15, 0.2) is 62.7 Å². The van der Waals surface area contributed by atoms with Crippen LogP contribution in [-0.4, -0.2) is 20.5 Å². The number of fused-ring (bicyclic) bond motifs is 1. The molecule has 2 aromatic carbocycles. The molecule has 0 bridgehead atoms. The van der Waals surface area contributed by atoms with Gasteiger partial charge in [-0.15, -0.1) is 16.2 Å². The second kappa shape index (κ2) is 4.96. The first kappa shape index (κ1) is 13.2. The van der Waals surface area contributed by atoms with Gasteiger partial charge in [0.25, 0.3) is 10.0 Å². The fourth-order valence-corrected chi connectivity index (χ4v) is 3.67. The minimum absolute atomic E-state index is 0.253. The fourth-order valence-electron chi connectivity index (χ4n) is 2.03. The molecule has 0 saturated heterocycles. The second-order valence-corrected chi connectivity index (χ2v) is 6.72. The number of hydrogen-bond donors (Lipinski definition) is 1. The number of benzene rings is 2. The SMILES string of the molecule is CSc1cccc(NC2=NS(=O)(=O)c3ccccc32)c1. The Bertz CT molecular complexity index is 798. The van der Waals surface area contributed by atoms with E-state index in [-0.39, 0.29) is 4.90 Å². The molecular formula is C14H12N2O2S2. The molecule has 102 valence electrons. The van der Waals surface area contributed by atoms with E-state index in [9.17, 15) is 8.42 Å². The summed E-state index contributed by atoms with van der Waals surface area (Å²) in [6, 6.07) is 14.6. The van der Waals surface area contributed by atoms with E-state index in [4.69, 9.17) is 0 Å². The third-order valence-corrected chi connectivity index (χ3v) is 5.02. The molecule has 2 aromatic rings. The summed E-state index contributed by atoms with van der Waals surface area (Å²) in [5.74, 6) is 0.374. The van der Waals surface area contributed by atoms with Gasteiger partial charge in [0.2, 0.25) is 0 Å². The average molecular weight is 304 g/mol. The van der Waals surface area contributed by atoms with Gasteiger partial charge < -0.3 is 5.32 Å². The van der Waals surface area contributed by atoms with Gasteiger partial charge in [0.1, 0.15) is 4.90 Å². The van der Waals surface area contributed by atoms with E-state index in [1.807, 2.05) is 30.5 Å². The third-order valence-electron chi connectivity index (χ3n) is 2.96. The summed E-state index contributed by atoms with van der Waals surface area (Å²) in [4.78, 5) is 1.35. The van der Waals surface area contributed by atoms with Crippen LogP contribution in [0, 0.1) is 0 Å². The van der Waals surface area contributed by atoms with E-state index in [0.29, 0.717) is 11.4 Å². The van der Waals surface area contributed by atoms with Gasteiger partial charge in [0, 0.05) is 16.1 Å². The Hall–Kier alpha value is -1.79. The molecule has 1 aliphatic heterocycles. The maximum absolute atomic E-state index is 11.9. The normalized spacial score (nSPS) is 15.6. The highest BCUT2D eigenvalue weighted by Crippen LogP contribution is 2.27. The highest BCUT2D eigenvalue weighted by atomic mass is 32.2. The average Bonchev–Trinajstić information content (AvgIpc) is 2.71. The zero-order valence-electron chi connectivity index (χ0n) is 10.7. The fraction of sp³-hybridized carbons (Fsp3) is 0.0714. The van der Waals surface area contributed by atoms with E-state index < -0.39 is 10.0 Å². The predicted octanol–water partition coefficient (Wildman–Crippen LogP) is 2.97. The molecule has 0 amide bonds. The van der Waals surface area contributed by atoms with Crippen molar-refractivity contribution in [3.63, 3.8) is 0 Å². The highest BCUT2D eigenvalue weighted by molar-refractivity contribution is 7.98. The monoisotopic (exact) mass is 304 g/mol. The molecule has 0 spiro atoms. The lowest BCUT2D eigenvalue weighted by Gasteiger charge is -2.07. The lowest BCUT2D eigenvalue weighted by Crippen LogP contribution is -2.11. The predicted molar refractivity (Wildman–Crippen MR) is 82.0 cm³/mol. The molecule has 0 saturated carbocycles. The summed E-state index contributed by atoms with van der Waals surface area (Å²) in [5.41, 5.74) is 1.43. The topological polar surface area (TPSA) is 58.5 Å². The molecule has 1 aliphatic rings. The van der Waals surface area contributed by atoms with Gasteiger partial charge in [-0.1, -0.05) is 18.2 Å². The van der Waals surface area contributed by atoms with Crippen LogP contribution in [0.4, 0.5) is 5.69 Å². The van der Waals surface area contributed by atoms with Crippen LogP contribution in [0.5, 0.6) is 0 Å². The third kappa shape index (κ3) is 2.32. The number of hydrogen-bond acceptors (Lipinski definition) is 4. The highest BCUT2D eigenvalue weighted by Gasteiger charge is 2.28. The molecular weight excluding hydrogens is 292 g/mol. The van der Waals surface area contributed by atoms with Crippen molar-refractivity contribution in [1.29, 1.82) is 0 Å². The first-order chi connectivity index (χ1) is 9.60. The van der Waals surface area contributed by atoms with Gasteiger partial charge in [-0.05, 0) is 36.6 Å². The zero-order valence-corrected chi connectivity index (χ0v) is 12.3. The molecule has 20 heavy (non-hydrogen) atoms. The Morgan fingerprint density at radius 1 is 1.10 bits per heavy atom. The maximum Gasteiger partial charge on any atom is 0.285 e. The van der Waals surface area contributed by atoms with Crippen molar-refractivity contribution < 1.29 is 8.42 Å². The van der Waals surface area contributed by atoms with Gasteiger partial charge in [-0.3, -0.25) is 0 Å². The number of nitrogens with zero attached hydrogens (tertiary/aromatic N) is 1. The largest absolute Gasteiger partial charge is 0.339 e. The summed E-state index contributed by atoms with van der Waals surface area (Å²) in [6.07, 6.45) is 1.99. The van der Waals surface area contributed by atoms with E-state index in [2.05, 4.69) is 9.71 Å². The van der Waals surface area contributed by atoms with E-state index >= 15 is 0 Å². The molecule has 0 aliphatic carbocycles. The smallest absolute Gasteiger partial charge is 0.285 e. The molecule has 0 aromatic heterocycles. The van der Waals surface area contributed by atoms with Crippen LogP contribution in [0.3, 0.4) is 0 Å². The Balaban J connectivity index is 2.00. The number of amidine groups is 1. The molecule has 4 nitrogen and oxygen atoms in total. The molecule has 3 rings (SSSR count). The van der Waals surface area contributed by atoms with E-state index in [0.717, 1.165) is 10.6 Å². The molecule has 6 heteroatoms. The Kier molecular flexibility index (Phi) is 3.27. The quantitative estimate of drug-likeness (QED) is 0.867. The Morgan fingerprint density at radius 2 is 1.90 bits per heavy atom. The van der Waals surface area contributed by atoms with Crippen LogP contribution in [0.25, 0.3) is 0 Å². The van der Waals surface area contributed by atoms with Gasteiger partial charge in [-0.25, -0.2) is 0 Å². The Morgan fingerprint density at radius 3 is 2.70 bits per heavy atom. The molecule has 0 unspecified atom stereocenters. The number of thioether (sulfide) groups is 1. The van der Waals surface area contributed by atoms with Crippen molar-refractivity contribution in [2.24, 2.45) is 4.40 Å². The van der Waals surface area contributed by atoms with Crippen molar-refractivity contribution in [3.8, 4) is 0 Å². The number of rotatable bonds is 2. The minimum atomic E-state index is -3.57. The lowest BCUT2D eigenvalue weighted by atomic mass is 10.2. The lowest BCUT2D eigenvalue weighted by molar-refractivity contribution is 0.599. The van der Waals surface area contributed by atoms with Gasteiger partial charge in [-0.2, -0.15) is 8.42 Å². The van der Waals surface area contributed by atoms with E-state index in [1.165, 1.54) is 0 Å². The molecule has 0 fully saturated rings. The summed E-state index contributed by atoms with van der Waals surface area (Å²) >= 11 is 1.63. The first-order valence-electron chi connectivity index (χ1n) is 5.95. The maximum atomic E-state index is 11.9. The van der Waals surface area contributed by atoms with Crippen LogP contribution < -0.4 is 5.32 Å². The number of anilines is 1. The summed E-state index contributed by atoms with van der Waals surface area (Å²) < 4.78 is 27.7. The summed E-state index contributed by atoms with van der Waals surface area (Å²) in [6.45, 7) is 0. The Labute approximate surface area is 122 Å². The van der Waals surface area contributed by atoms with Gasteiger partial charge in [0.05, 0.1) is 0 Å². The van der Waals surface area contributed by atoms with Crippen LogP contribution >= 0.6 is 11.8 Å². The standard InChI is InChI=1S/C14H12N2O2S2/c1-19-11-6-4-5-10(9-11)15-14-12-7-2-3-8-13(12)20(17,18)16-14/h2-9H,1H3,(H,15,16). The van der Waals surface area contributed by atoms with Crippen molar-refractivity contribution >= 4 is 33.3 Å². The van der Waals surface area contributed by atoms with Crippen molar-refractivity contribution in [2.75, 3.05) is 11.6 Å². The van der Waals surface area contributed by atoms with Crippen LogP contribution in [0.2, 0.25) is 0 Å². The molecule has 1 heterocycles. The van der Waals surface area contributed by atoms with Gasteiger partial charge >= 0.3 is 0 Å². The van der Waals surface area contributed by atoms with Gasteiger partial charge in [0.15, 0.2) is 5.84 Å². The summed E-state index contributed by atoms with van der Waals surface area (Å²) in [7, 11) is -3.57.